The second kappa shape index (κ2) is 4.37. The average molecular weight is 244 g/mol. The Bertz CT molecular complexity index is 560. The van der Waals surface area contributed by atoms with E-state index in [9.17, 15) is 0 Å². The predicted molar refractivity (Wildman–Crippen MR) is 72.5 cm³/mol. The molecule has 0 radical (unpaired) electrons. The van der Waals surface area contributed by atoms with Crippen molar-refractivity contribution in [3.63, 3.8) is 0 Å². The lowest BCUT2D eigenvalue weighted by Gasteiger charge is -2.35. The standard InChI is InChI=1S/C14H20N4/c1-10-8-18-9-11(3-4-14(18)16-10)13-7-12(15)5-6-17(13)2/h3-4,8-9,12-13H,5-7,15H2,1-2H3. The quantitative estimate of drug-likeness (QED) is 0.831. The van der Waals surface area contributed by atoms with Crippen LogP contribution in [0.3, 0.4) is 0 Å². The molecule has 1 aliphatic heterocycles. The van der Waals surface area contributed by atoms with Crippen molar-refractivity contribution in [2.75, 3.05) is 13.6 Å². The van der Waals surface area contributed by atoms with E-state index < -0.39 is 0 Å². The van der Waals surface area contributed by atoms with Crippen molar-refractivity contribution in [1.82, 2.24) is 14.3 Å². The van der Waals surface area contributed by atoms with Gasteiger partial charge in [0.2, 0.25) is 0 Å². The Labute approximate surface area is 107 Å². The summed E-state index contributed by atoms with van der Waals surface area (Å²) in [5, 5.41) is 0. The minimum Gasteiger partial charge on any atom is -0.328 e. The molecule has 2 unspecified atom stereocenters. The van der Waals surface area contributed by atoms with E-state index >= 15 is 0 Å². The molecule has 0 aromatic carbocycles. The lowest BCUT2D eigenvalue weighted by atomic mass is 9.94. The minimum atomic E-state index is 0.325. The third-order valence-corrected chi connectivity index (χ3v) is 3.89. The van der Waals surface area contributed by atoms with E-state index in [0.717, 1.165) is 30.7 Å². The van der Waals surface area contributed by atoms with Crippen LogP contribution in [-0.2, 0) is 0 Å². The highest BCUT2D eigenvalue weighted by atomic mass is 15.1. The van der Waals surface area contributed by atoms with Crippen LogP contribution in [0.2, 0.25) is 0 Å². The van der Waals surface area contributed by atoms with Gasteiger partial charge in [0.25, 0.3) is 0 Å². The van der Waals surface area contributed by atoms with Crippen LogP contribution in [0.4, 0.5) is 0 Å². The summed E-state index contributed by atoms with van der Waals surface area (Å²) in [4.78, 5) is 6.86. The number of imidazole rings is 1. The SMILES string of the molecule is Cc1cn2cc(C3CC(N)CCN3C)ccc2n1. The Morgan fingerprint density at radius 3 is 3.00 bits per heavy atom. The van der Waals surface area contributed by atoms with Gasteiger partial charge in [0, 0.05) is 24.5 Å². The number of hydrogen-bond acceptors (Lipinski definition) is 3. The lowest BCUT2D eigenvalue weighted by molar-refractivity contribution is 0.171. The minimum absolute atomic E-state index is 0.325. The molecule has 18 heavy (non-hydrogen) atoms. The molecule has 3 heterocycles. The Morgan fingerprint density at radius 2 is 2.17 bits per heavy atom. The van der Waals surface area contributed by atoms with Crippen LogP contribution in [0, 0.1) is 6.92 Å². The third kappa shape index (κ3) is 2.02. The highest BCUT2D eigenvalue weighted by Gasteiger charge is 2.25. The molecular weight excluding hydrogens is 224 g/mol. The fraction of sp³-hybridized carbons (Fsp3) is 0.500. The van der Waals surface area contributed by atoms with Crippen LogP contribution >= 0.6 is 0 Å². The number of hydrogen-bond donors (Lipinski definition) is 1. The largest absolute Gasteiger partial charge is 0.328 e. The van der Waals surface area contributed by atoms with Gasteiger partial charge in [-0.05, 0) is 45.0 Å². The molecule has 0 saturated carbocycles. The number of rotatable bonds is 1. The van der Waals surface area contributed by atoms with Crippen LogP contribution in [0.15, 0.2) is 24.5 Å². The average Bonchev–Trinajstić information content (AvgIpc) is 2.71. The summed E-state index contributed by atoms with van der Waals surface area (Å²) in [6.07, 6.45) is 6.39. The van der Waals surface area contributed by atoms with Crippen LogP contribution in [-0.4, -0.2) is 33.9 Å². The maximum Gasteiger partial charge on any atom is 0.136 e. The van der Waals surface area contributed by atoms with Crippen molar-refractivity contribution in [2.45, 2.75) is 31.8 Å². The molecule has 1 aliphatic rings. The fourth-order valence-electron chi connectivity index (χ4n) is 2.83. The molecule has 0 aliphatic carbocycles. The maximum absolute atomic E-state index is 6.10. The summed E-state index contributed by atoms with van der Waals surface area (Å²) >= 11 is 0. The van der Waals surface area contributed by atoms with Crippen molar-refractivity contribution in [1.29, 1.82) is 0 Å². The van der Waals surface area contributed by atoms with Gasteiger partial charge in [0.05, 0.1) is 5.69 Å². The zero-order valence-corrected chi connectivity index (χ0v) is 11.0. The maximum atomic E-state index is 6.10. The van der Waals surface area contributed by atoms with E-state index in [-0.39, 0.29) is 0 Å². The van der Waals surface area contributed by atoms with Crippen LogP contribution < -0.4 is 5.73 Å². The van der Waals surface area contributed by atoms with Gasteiger partial charge < -0.3 is 10.1 Å². The van der Waals surface area contributed by atoms with Crippen molar-refractivity contribution in [2.24, 2.45) is 5.73 Å². The second-order valence-corrected chi connectivity index (χ2v) is 5.39. The van der Waals surface area contributed by atoms with E-state index in [4.69, 9.17) is 5.73 Å². The molecule has 3 rings (SSSR count). The van der Waals surface area contributed by atoms with Crippen LogP contribution in [0.1, 0.15) is 30.1 Å². The molecular formula is C14H20N4. The van der Waals surface area contributed by atoms with E-state index in [2.05, 4.69) is 45.9 Å². The molecule has 4 heteroatoms. The zero-order chi connectivity index (χ0) is 12.7. The number of pyridine rings is 1. The van der Waals surface area contributed by atoms with E-state index in [0.29, 0.717) is 12.1 Å². The molecule has 2 aromatic rings. The molecule has 1 saturated heterocycles. The number of aromatic nitrogens is 2. The van der Waals surface area contributed by atoms with Gasteiger partial charge in [-0.2, -0.15) is 0 Å². The van der Waals surface area contributed by atoms with Gasteiger partial charge in [0.15, 0.2) is 0 Å². The highest BCUT2D eigenvalue weighted by molar-refractivity contribution is 5.41. The van der Waals surface area contributed by atoms with Gasteiger partial charge >= 0.3 is 0 Å². The summed E-state index contributed by atoms with van der Waals surface area (Å²) in [6, 6.07) is 5.03. The molecule has 2 N–H and O–H groups in total. The smallest absolute Gasteiger partial charge is 0.136 e. The summed E-state index contributed by atoms with van der Waals surface area (Å²) in [5.41, 5.74) is 9.50. The highest BCUT2D eigenvalue weighted by Crippen LogP contribution is 2.29. The normalized spacial score (nSPS) is 25.7. The van der Waals surface area contributed by atoms with Crippen molar-refractivity contribution >= 4 is 5.65 Å². The summed E-state index contributed by atoms with van der Waals surface area (Å²) in [7, 11) is 2.18. The summed E-state index contributed by atoms with van der Waals surface area (Å²) in [5.74, 6) is 0. The Balaban J connectivity index is 1.97. The van der Waals surface area contributed by atoms with Crippen molar-refractivity contribution in [3.05, 3.63) is 35.8 Å². The number of piperidine rings is 1. The number of nitrogens with two attached hydrogens (primary N) is 1. The predicted octanol–water partition coefficient (Wildman–Crippen LogP) is 1.74. The first-order valence-corrected chi connectivity index (χ1v) is 6.54. The summed E-state index contributed by atoms with van der Waals surface area (Å²) < 4.78 is 2.11. The van der Waals surface area contributed by atoms with Crippen LogP contribution in [0.5, 0.6) is 0 Å². The Morgan fingerprint density at radius 1 is 1.33 bits per heavy atom. The Hall–Kier alpha value is -1.39. The number of fused-ring (bicyclic) bond motifs is 1. The topological polar surface area (TPSA) is 46.6 Å². The summed E-state index contributed by atoms with van der Waals surface area (Å²) in [6.45, 7) is 3.10. The van der Waals surface area contributed by atoms with Crippen molar-refractivity contribution in [3.8, 4) is 0 Å². The number of likely N-dealkylation sites (tertiary alicyclic amines) is 1. The van der Waals surface area contributed by atoms with Gasteiger partial charge in [0.1, 0.15) is 5.65 Å². The molecule has 96 valence electrons. The van der Waals surface area contributed by atoms with Crippen LogP contribution in [0.25, 0.3) is 5.65 Å². The molecule has 2 aromatic heterocycles. The van der Waals surface area contributed by atoms with E-state index in [1.165, 1.54) is 5.56 Å². The molecule has 4 nitrogen and oxygen atoms in total. The van der Waals surface area contributed by atoms with Gasteiger partial charge in [-0.1, -0.05) is 6.07 Å². The molecule has 0 spiro atoms. The molecule has 0 bridgehead atoms. The van der Waals surface area contributed by atoms with Gasteiger partial charge in [-0.3, -0.25) is 4.90 Å². The fourth-order valence-corrected chi connectivity index (χ4v) is 2.83. The monoisotopic (exact) mass is 244 g/mol. The molecule has 1 fully saturated rings. The van der Waals surface area contributed by atoms with E-state index in [1.807, 2.05) is 6.92 Å². The Kier molecular flexibility index (Phi) is 2.84. The zero-order valence-electron chi connectivity index (χ0n) is 11.0. The van der Waals surface area contributed by atoms with Crippen molar-refractivity contribution < 1.29 is 0 Å². The van der Waals surface area contributed by atoms with Gasteiger partial charge in [-0.25, -0.2) is 4.98 Å². The third-order valence-electron chi connectivity index (χ3n) is 3.89. The van der Waals surface area contributed by atoms with E-state index in [1.54, 1.807) is 0 Å². The first kappa shape index (κ1) is 11.7. The lowest BCUT2D eigenvalue weighted by Crippen LogP contribution is -2.39. The second-order valence-electron chi connectivity index (χ2n) is 5.39. The molecule has 0 amide bonds. The number of aryl methyl sites for hydroxylation is 1. The molecule has 2 atom stereocenters. The first-order chi connectivity index (χ1) is 8.63. The number of nitrogens with zero attached hydrogens (tertiary/aromatic N) is 3. The first-order valence-electron chi connectivity index (χ1n) is 6.54. The van der Waals surface area contributed by atoms with Gasteiger partial charge in [-0.15, -0.1) is 0 Å².